The summed E-state index contributed by atoms with van der Waals surface area (Å²) in [6.45, 7) is 4.33. The van der Waals surface area contributed by atoms with Crippen molar-refractivity contribution in [1.29, 1.82) is 0 Å². The molecule has 132 valence electrons. The van der Waals surface area contributed by atoms with E-state index in [-0.39, 0.29) is 24.5 Å². The number of hydrogen-bond acceptors (Lipinski definition) is 3. The van der Waals surface area contributed by atoms with Gasteiger partial charge in [-0.15, -0.1) is 0 Å². The molecule has 0 bridgehead atoms. The number of nitrogens with one attached hydrogen (secondary N) is 2. The second-order valence-corrected chi connectivity index (χ2v) is 5.86. The van der Waals surface area contributed by atoms with Crippen molar-refractivity contribution in [2.24, 2.45) is 0 Å². The van der Waals surface area contributed by atoms with Crippen LogP contribution in [-0.2, 0) is 11.3 Å². The van der Waals surface area contributed by atoms with Gasteiger partial charge in [0.25, 0.3) is 11.8 Å². The molecule has 2 N–H and O–H groups in total. The second-order valence-electron chi connectivity index (χ2n) is 5.86. The van der Waals surface area contributed by atoms with Gasteiger partial charge in [-0.1, -0.05) is 43.3 Å². The van der Waals surface area contributed by atoms with Crippen molar-refractivity contribution in [3.05, 3.63) is 65.7 Å². The van der Waals surface area contributed by atoms with Gasteiger partial charge in [0.2, 0.25) is 0 Å². The van der Waals surface area contributed by atoms with Gasteiger partial charge in [-0.2, -0.15) is 0 Å². The molecule has 0 aliphatic carbocycles. The lowest BCUT2D eigenvalue weighted by atomic mass is 10.2. The van der Waals surface area contributed by atoms with Crippen molar-refractivity contribution in [1.82, 2.24) is 10.6 Å². The van der Waals surface area contributed by atoms with Gasteiger partial charge in [0.1, 0.15) is 5.75 Å². The third kappa shape index (κ3) is 6.30. The fourth-order valence-corrected chi connectivity index (χ4v) is 2.17. The first-order valence-electron chi connectivity index (χ1n) is 8.43. The monoisotopic (exact) mass is 340 g/mol. The maximum absolute atomic E-state index is 12.2. The average molecular weight is 340 g/mol. The highest BCUT2D eigenvalue weighted by molar-refractivity contribution is 5.94. The fourth-order valence-electron chi connectivity index (χ4n) is 2.17. The number of ether oxygens (including phenoxy) is 1. The van der Waals surface area contributed by atoms with Gasteiger partial charge in [0.05, 0.1) is 0 Å². The first-order chi connectivity index (χ1) is 12.1. The van der Waals surface area contributed by atoms with Gasteiger partial charge >= 0.3 is 0 Å². The number of carbonyl (C=O) groups is 2. The molecule has 0 saturated heterocycles. The molecule has 0 radical (unpaired) electrons. The molecule has 1 atom stereocenters. The third-order valence-corrected chi connectivity index (χ3v) is 3.78. The summed E-state index contributed by atoms with van der Waals surface area (Å²) in [5, 5.41) is 5.70. The van der Waals surface area contributed by atoms with E-state index in [9.17, 15) is 9.59 Å². The van der Waals surface area contributed by atoms with E-state index in [4.69, 9.17) is 4.74 Å². The van der Waals surface area contributed by atoms with E-state index in [2.05, 4.69) is 10.6 Å². The van der Waals surface area contributed by atoms with Crippen LogP contribution in [0, 0.1) is 0 Å². The van der Waals surface area contributed by atoms with E-state index in [0.717, 1.165) is 12.0 Å². The summed E-state index contributed by atoms with van der Waals surface area (Å²) in [7, 11) is 0. The molecule has 0 saturated carbocycles. The molecule has 5 heteroatoms. The molecule has 0 aliphatic heterocycles. The van der Waals surface area contributed by atoms with E-state index in [0.29, 0.717) is 17.9 Å². The van der Waals surface area contributed by atoms with Crippen LogP contribution in [0.3, 0.4) is 0 Å². The molecule has 2 aromatic rings. The molecule has 2 amide bonds. The zero-order valence-corrected chi connectivity index (χ0v) is 14.6. The highest BCUT2D eigenvalue weighted by atomic mass is 16.5. The number of carbonyl (C=O) groups excluding carboxylic acids is 2. The Balaban J connectivity index is 1.87. The SMILES string of the molecule is CC[C@H](C)NC(=O)COc1cccc(C(=O)NCc2ccccc2)c1. The van der Waals surface area contributed by atoms with E-state index in [1.54, 1.807) is 24.3 Å². The van der Waals surface area contributed by atoms with Gasteiger partial charge < -0.3 is 15.4 Å². The normalized spacial score (nSPS) is 11.4. The summed E-state index contributed by atoms with van der Waals surface area (Å²) in [6.07, 6.45) is 0.864. The first-order valence-corrected chi connectivity index (χ1v) is 8.43. The minimum atomic E-state index is -0.182. The van der Waals surface area contributed by atoms with Crippen LogP contribution in [0.1, 0.15) is 36.2 Å². The molecule has 0 aliphatic rings. The zero-order chi connectivity index (χ0) is 18.1. The third-order valence-electron chi connectivity index (χ3n) is 3.78. The average Bonchev–Trinajstić information content (AvgIpc) is 2.65. The second kappa shape index (κ2) is 9.47. The molecular formula is C20H24N2O3. The van der Waals surface area contributed by atoms with Crippen LogP contribution < -0.4 is 15.4 Å². The summed E-state index contributed by atoms with van der Waals surface area (Å²) in [6, 6.07) is 16.6. The molecule has 0 aromatic heterocycles. The predicted octanol–water partition coefficient (Wildman–Crippen LogP) is 2.91. The van der Waals surface area contributed by atoms with Crippen molar-refractivity contribution in [2.75, 3.05) is 6.61 Å². The van der Waals surface area contributed by atoms with Gasteiger partial charge in [-0.05, 0) is 37.1 Å². The Morgan fingerprint density at radius 1 is 1.08 bits per heavy atom. The molecular weight excluding hydrogens is 316 g/mol. The van der Waals surface area contributed by atoms with Crippen LogP contribution >= 0.6 is 0 Å². The van der Waals surface area contributed by atoms with Gasteiger partial charge in [0.15, 0.2) is 6.61 Å². The lowest BCUT2D eigenvalue weighted by Crippen LogP contribution is -2.35. The molecule has 2 aromatic carbocycles. The number of amides is 2. The molecule has 0 fully saturated rings. The minimum absolute atomic E-state index is 0.0700. The van der Waals surface area contributed by atoms with Crippen molar-refractivity contribution < 1.29 is 14.3 Å². The van der Waals surface area contributed by atoms with Gasteiger partial charge in [0, 0.05) is 18.2 Å². The highest BCUT2D eigenvalue weighted by Gasteiger charge is 2.09. The van der Waals surface area contributed by atoms with Crippen molar-refractivity contribution in [3.63, 3.8) is 0 Å². The van der Waals surface area contributed by atoms with Crippen molar-refractivity contribution in [2.45, 2.75) is 32.9 Å². The maximum atomic E-state index is 12.2. The Bertz CT molecular complexity index is 701. The first kappa shape index (κ1) is 18.5. The van der Waals surface area contributed by atoms with E-state index >= 15 is 0 Å². The van der Waals surface area contributed by atoms with Crippen LogP contribution in [0.15, 0.2) is 54.6 Å². The van der Waals surface area contributed by atoms with Crippen LogP contribution in [0.5, 0.6) is 5.75 Å². The van der Waals surface area contributed by atoms with Crippen LogP contribution in [-0.4, -0.2) is 24.5 Å². The van der Waals surface area contributed by atoms with Crippen LogP contribution in [0.25, 0.3) is 0 Å². The van der Waals surface area contributed by atoms with E-state index < -0.39 is 0 Å². The Morgan fingerprint density at radius 3 is 2.56 bits per heavy atom. The Morgan fingerprint density at radius 2 is 1.84 bits per heavy atom. The van der Waals surface area contributed by atoms with E-state index in [1.165, 1.54) is 0 Å². The summed E-state index contributed by atoms with van der Waals surface area (Å²) >= 11 is 0. The maximum Gasteiger partial charge on any atom is 0.258 e. The van der Waals surface area contributed by atoms with Crippen molar-refractivity contribution in [3.8, 4) is 5.75 Å². The Hall–Kier alpha value is -2.82. The van der Waals surface area contributed by atoms with Gasteiger partial charge in [-0.3, -0.25) is 9.59 Å². The standard InChI is InChI=1S/C20H24N2O3/c1-3-15(2)22-19(23)14-25-18-11-7-10-17(12-18)20(24)21-13-16-8-5-4-6-9-16/h4-12,15H,3,13-14H2,1-2H3,(H,21,24)(H,22,23)/t15-/m0/s1. The summed E-state index contributed by atoms with van der Waals surface area (Å²) in [5.41, 5.74) is 1.53. The minimum Gasteiger partial charge on any atom is -0.484 e. The summed E-state index contributed by atoms with van der Waals surface area (Å²) in [5.74, 6) is 0.137. The molecule has 0 heterocycles. The number of rotatable bonds is 8. The molecule has 5 nitrogen and oxygen atoms in total. The van der Waals surface area contributed by atoms with Crippen molar-refractivity contribution >= 4 is 11.8 Å². The smallest absolute Gasteiger partial charge is 0.258 e. The van der Waals surface area contributed by atoms with Gasteiger partial charge in [-0.25, -0.2) is 0 Å². The number of hydrogen-bond donors (Lipinski definition) is 2. The van der Waals surface area contributed by atoms with Crippen LogP contribution in [0.2, 0.25) is 0 Å². The molecule has 0 spiro atoms. The fraction of sp³-hybridized carbons (Fsp3) is 0.300. The summed E-state index contributed by atoms with van der Waals surface area (Å²) in [4.78, 5) is 24.0. The summed E-state index contributed by atoms with van der Waals surface area (Å²) < 4.78 is 5.47. The number of benzene rings is 2. The highest BCUT2D eigenvalue weighted by Crippen LogP contribution is 2.13. The largest absolute Gasteiger partial charge is 0.484 e. The Labute approximate surface area is 148 Å². The zero-order valence-electron chi connectivity index (χ0n) is 14.6. The topological polar surface area (TPSA) is 67.4 Å². The Kier molecular flexibility index (Phi) is 7.01. The molecule has 2 rings (SSSR count). The van der Waals surface area contributed by atoms with E-state index in [1.807, 2.05) is 44.2 Å². The lowest BCUT2D eigenvalue weighted by Gasteiger charge is -2.12. The lowest BCUT2D eigenvalue weighted by molar-refractivity contribution is -0.123. The molecule has 0 unspecified atom stereocenters. The quantitative estimate of drug-likeness (QED) is 0.776. The van der Waals surface area contributed by atoms with Crippen LogP contribution in [0.4, 0.5) is 0 Å². The predicted molar refractivity (Wildman–Crippen MR) is 97.4 cm³/mol. The molecule has 25 heavy (non-hydrogen) atoms.